The molecule has 0 saturated heterocycles. The molecule has 2 rings (SSSR count). The Hall–Kier alpha value is -3.29. The molecule has 5 nitrogen and oxygen atoms in total. The molecule has 0 spiro atoms. The van der Waals surface area contributed by atoms with Gasteiger partial charge in [0.25, 0.3) is 0 Å². The van der Waals surface area contributed by atoms with Gasteiger partial charge in [0.05, 0.1) is 12.7 Å². The molecule has 8 heteroatoms. The summed E-state index contributed by atoms with van der Waals surface area (Å²) >= 11 is 0. The van der Waals surface area contributed by atoms with Crippen molar-refractivity contribution in [1.82, 2.24) is 10.6 Å². The average molecular weight is 448 g/mol. The van der Waals surface area contributed by atoms with Crippen LogP contribution in [-0.4, -0.2) is 31.5 Å². The maximum atomic E-state index is 13.0. The van der Waals surface area contributed by atoms with Gasteiger partial charge in [0.2, 0.25) is 11.8 Å². The van der Waals surface area contributed by atoms with Crippen LogP contribution in [0, 0.1) is 0 Å². The zero-order valence-electron chi connectivity index (χ0n) is 18.4. The summed E-state index contributed by atoms with van der Waals surface area (Å²) in [5, 5.41) is 5.26. The average Bonchev–Trinajstić information content (AvgIpc) is 2.76. The number of carbonyl (C=O) groups is 2. The number of carbonyl (C=O) groups excluding carboxylic acids is 2. The second-order valence-corrected chi connectivity index (χ2v) is 8.02. The monoisotopic (exact) mass is 448 g/mol. The normalized spacial score (nSPS) is 13.0. The van der Waals surface area contributed by atoms with Gasteiger partial charge in [-0.05, 0) is 42.3 Å². The molecule has 1 atom stereocenters. The highest BCUT2D eigenvalue weighted by atomic mass is 19.4. The first-order valence-corrected chi connectivity index (χ1v) is 10.0. The predicted octanol–water partition coefficient (Wildman–Crippen LogP) is 4.33. The van der Waals surface area contributed by atoms with Gasteiger partial charge in [-0.2, -0.15) is 13.2 Å². The van der Waals surface area contributed by atoms with Crippen LogP contribution in [0.3, 0.4) is 0 Å². The lowest BCUT2D eigenvalue weighted by Gasteiger charge is -2.27. The summed E-state index contributed by atoms with van der Waals surface area (Å²) in [6.45, 7) is 5.12. The van der Waals surface area contributed by atoms with Crippen molar-refractivity contribution >= 4 is 17.9 Å². The number of halogens is 3. The van der Waals surface area contributed by atoms with E-state index in [0.717, 1.165) is 17.7 Å². The van der Waals surface area contributed by atoms with Gasteiger partial charge in [-0.1, -0.05) is 44.2 Å². The first kappa shape index (κ1) is 25.0. The van der Waals surface area contributed by atoms with Crippen LogP contribution >= 0.6 is 0 Å². The van der Waals surface area contributed by atoms with Gasteiger partial charge in [-0.25, -0.2) is 0 Å². The van der Waals surface area contributed by atoms with Crippen molar-refractivity contribution in [1.29, 1.82) is 0 Å². The zero-order valence-corrected chi connectivity index (χ0v) is 18.4. The minimum Gasteiger partial charge on any atom is -0.497 e. The topological polar surface area (TPSA) is 67.4 Å². The van der Waals surface area contributed by atoms with Gasteiger partial charge in [0.1, 0.15) is 11.8 Å². The Kier molecular flexibility index (Phi) is 8.08. The quantitative estimate of drug-likeness (QED) is 0.591. The summed E-state index contributed by atoms with van der Waals surface area (Å²) in [5.41, 5.74) is -0.235. The van der Waals surface area contributed by atoms with Crippen LogP contribution < -0.4 is 15.4 Å². The first-order chi connectivity index (χ1) is 14.9. The highest BCUT2D eigenvalue weighted by Crippen LogP contribution is 2.32. The van der Waals surface area contributed by atoms with E-state index in [9.17, 15) is 22.8 Å². The smallest absolute Gasteiger partial charge is 0.416 e. The molecule has 2 aromatic rings. The van der Waals surface area contributed by atoms with Crippen molar-refractivity contribution in [3.63, 3.8) is 0 Å². The van der Waals surface area contributed by atoms with Crippen LogP contribution in [0.25, 0.3) is 6.08 Å². The maximum absolute atomic E-state index is 13.0. The molecule has 0 radical (unpaired) electrons. The van der Waals surface area contributed by atoms with Gasteiger partial charge in [0.15, 0.2) is 0 Å². The second kappa shape index (κ2) is 10.3. The SMILES string of the molecule is COc1ccc(/C=C/C(=O)NC(C)C(=O)NCC(C)(C)c2cccc(C(F)(F)F)c2)cc1. The number of ether oxygens (including phenoxy) is 1. The lowest BCUT2D eigenvalue weighted by molar-refractivity contribution is -0.137. The molecule has 172 valence electrons. The highest BCUT2D eigenvalue weighted by molar-refractivity contribution is 5.95. The van der Waals surface area contributed by atoms with Crippen LogP contribution in [-0.2, 0) is 21.2 Å². The molecule has 2 amide bonds. The van der Waals surface area contributed by atoms with E-state index >= 15 is 0 Å². The van der Waals surface area contributed by atoms with E-state index in [-0.39, 0.29) is 6.54 Å². The van der Waals surface area contributed by atoms with Crippen molar-refractivity contribution in [3.8, 4) is 5.75 Å². The van der Waals surface area contributed by atoms with Crippen molar-refractivity contribution in [2.24, 2.45) is 0 Å². The Morgan fingerprint density at radius 2 is 1.69 bits per heavy atom. The van der Waals surface area contributed by atoms with Crippen molar-refractivity contribution in [2.75, 3.05) is 13.7 Å². The van der Waals surface area contributed by atoms with Gasteiger partial charge in [0, 0.05) is 18.0 Å². The van der Waals surface area contributed by atoms with Crippen LogP contribution in [0.1, 0.15) is 37.5 Å². The minimum absolute atomic E-state index is 0.106. The number of nitrogens with one attached hydrogen (secondary N) is 2. The molecule has 0 fully saturated rings. The molecule has 32 heavy (non-hydrogen) atoms. The van der Waals surface area contributed by atoms with E-state index in [0.29, 0.717) is 11.3 Å². The molecule has 1 unspecified atom stereocenters. The minimum atomic E-state index is -4.44. The highest BCUT2D eigenvalue weighted by Gasteiger charge is 2.32. The third-order valence-electron chi connectivity index (χ3n) is 4.97. The summed E-state index contributed by atoms with van der Waals surface area (Å²) in [7, 11) is 1.56. The van der Waals surface area contributed by atoms with Gasteiger partial charge >= 0.3 is 6.18 Å². The van der Waals surface area contributed by atoms with Crippen molar-refractivity contribution in [2.45, 2.75) is 38.4 Å². The Bertz CT molecular complexity index is 967. The summed E-state index contributed by atoms with van der Waals surface area (Å²) in [6, 6.07) is 11.3. The molecule has 0 aromatic heterocycles. The first-order valence-electron chi connectivity index (χ1n) is 10.0. The molecule has 0 heterocycles. The third-order valence-corrected chi connectivity index (χ3v) is 4.97. The van der Waals surface area contributed by atoms with Crippen LogP contribution in [0.4, 0.5) is 13.2 Å². The maximum Gasteiger partial charge on any atom is 0.416 e. The van der Waals surface area contributed by atoms with Crippen molar-refractivity contribution in [3.05, 3.63) is 71.3 Å². The molecular formula is C24H27F3N2O3. The summed E-state index contributed by atoms with van der Waals surface area (Å²) < 4.78 is 44.0. The largest absolute Gasteiger partial charge is 0.497 e. The Morgan fingerprint density at radius 3 is 2.28 bits per heavy atom. The van der Waals surface area contributed by atoms with Crippen LogP contribution in [0.2, 0.25) is 0 Å². The number of alkyl halides is 3. The second-order valence-electron chi connectivity index (χ2n) is 8.02. The molecular weight excluding hydrogens is 421 g/mol. The number of amides is 2. The Balaban J connectivity index is 1.91. The van der Waals surface area contributed by atoms with Gasteiger partial charge in [-0.15, -0.1) is 0 Å². The van der Waals surface area contributed by atoms with E-state index in [2.05, 4.69) is 10.6 Å². The van der Waals surface area contributed by atoms with Crippen LogP contribution in [0.5, 0.6) is 5.75 Å². The standard InChI is InChI=1S/C24H27F3N2O3/c1-16(29-21(30)13-10-17-8-11-20(32-4)12-9-17)22(31)28-15-23(2,3)18-6-5-7-19(14-18)24(25,26)27/h5-14,16H,15H2,1-4H3,(H,28,31)(H,29,30)/b13-10+. The predicted molar refractivity (Wildman–Crippen MR) is 117 cm³/mol. The fourth-order valence-electron chi connectivity index (χ4n) is 2.89. The number of hydrogen-bond acceptors (Lipinski definition) is 3. The van der Waals surface area contributed by atoms with Crippen molar-refractivity contribution < 1.29 is 27.5 Å². The molecule has 2 aromatic carbocycles. The molecule has 0 saturated carbocycles. The molecule has 0 aliphatic carbocycles. The summed E-state index contributed by atoms with van der Waals surface area (Å²) in [5.74, 6) is -0.179. The van der Waals surface area contributed by atoms with E-state index in [1.165, 1.54) is 19.1 Å². The third kappa shape index (κ3) is 7.14. The molecule has 0 bridgehead atoms. The lowest BCUT2D eigenvalue weighted by atomic mass is 9.83. The van der Waals surface area contributed by atoms with E-state index < -0.39 is 35.0 Å². The zero-order chi connectivity index (χ0) is 23.9. The number of benzene rings is 2. The lowest BCUT2D eigenvalue weighted by Crippen LogP contribution is -2.47. The Morgan fingerprint density at radius 1 is 1.06 bits per heavy atom. The molecule has 2 N–H and O–H groups in total. The van der Waals surface area contributed by atoms with Gasteiger partial charge in [-0.3, -0.25) is 9.59 Å². The van der Waals surface area contributed by atoms with E-state index in [1.807, 2.05) is 0 Å². The molecule has 0 aliphatic rings. The molecule has 0 aliphatic heterocycles. The number of methoxy groups -OCH3 is 1. The fraction of sp³-hybridized carbons (Fsp3) is 0.333. The Labute approximate surface area is 185 Å². The summed E-state index contributed by atoms with van der Waals surface area (Å²) in [6.07, 6.45) is -1.51. The number of rotatable bonds is 8. The summed E-state index contributed by atoms with van der Waals surface area (Å²) in [4.78, 5) is 24.5. The van der Waals surface area contributed by atoms with Crippen LogP contribution in [0.15, 0.2) is 54.6 Å². The van der Waals surface area contributed by atoms with E-state index in [4.69, 9.17) is 4.74 Å². The van der Waals surface area contributed by atoms with E-state index in [1.54, 1.807) is 57.4 Å². The van der Waals surface area contributed by atoms with Gasteiger partial charge < -0.3 is 15.4 Å². The fourth-order valence-corrected chi connectivity index (χ4v) is 2.89. The number of hydrogen-bond donors (Lipinski definition) is 2.